The molecule has 0 spiro atoms. The molecule has 1 N–H and O–H groups in total. The van der Waals surface area contributed by atoms with Crippen LogP contribution >= 0.6 is 0 Å². The zero-order valence-electron chi connectivity index (χ0n) is 12.0. The summed E-state index contributed by atoms with van der Waals surface area (Å²) in [7, 11) is 1.53. The van der Waals surface area contributed by atoms with Crippen LogP contribution in [0.15, 0.2) is 5.10 Å². The number of hydrazone groups is 1. The maximum absolute atomic E-state index is 12.5. The van der Waals surface area contributed by atoms with Crippen molar-refractivity contribution in [3.63, 3.8) is 0 Å². The first kappa shape index (κ1) is 14.0. The Morgan fingerprint density at radius 1 is 1.24 bits per heavy atom. The second kappa shape index (κ2) is 5.13. The molecule has 2 atom stereocenters. The number of carbonyl (C=O) groups excluding carboxylic acids is 2. The second-order valence-electron chi connectivity index (χ2n) is 6.12. The molecule has 0 aromatic carbocycles. The number of hydrogen-bond donors (Lipinski definition) is 1. The topological polar surface area (TPSA) is 90.3 Å². The molecular formula is C14H19N3O4. The molecule has 0 radical (unpaired) electrons. The minimum absolute atomic E-state index is 0.0648. The van der Waals surface area contributed by atoms with Crippen LogP contribution in [0.1, 0.15) is 25.7 Å². The van der Waals surface area contributed by atoms with Crippen molar-refractivity contribution in [3.8, 4) is 0 Å². The third-order valence-corrected chi connectivity index (χ3v) is 4.65. The Kier molecular flexibility index (Phi) is 3.43. The molecule has 0 bridgehead atoms. The van der Waals surface area contributed by atoms with Gasteiger partial charge in [0.05, 0.1) is 5.92 Å². The first-order valence-electron chi connectivity index (χ1n) is 7.33. The van der Waals surface area contributed by atoms with Crippen LogP contribution in [0.2, 0.25) is 0 Å². The predicted octanol–water partition coefficient (Wildman–Crippen LogP) is 0.164. The van der Waals surface area contributed by atoms with E-state index in [9.17, 15) is 19.5 Å². The quantitative estimate of drug-likeness (QED) is 0.802. The highest BCUT2D eigenvalue weighted by Gasteiger charge is 2.47. The van der Waals surface area contributed by atoms with Crippen molar-refractivity contribution in [2.75, 3.05) is 20.1 Å². The number of amides is 2. The third-order valence-electron chi connectivity index (χ3n) is 4.65. The Hall–Kier alpha value is -1.92. The molecule has 7 nitrogen and oxygen atoms in total. The van der Waals surface area contributed by atoms with Crippen LogP contribution in [0.3, 0.4) is 0 Å². The molecule has 1 aliphatic carbocycles. The average Bonchev–Trinajstić information content (AvgIpc) is 3.19. The fraction of sp³-hybridized carbons (Fsp3) is 0.714. The van der Waals surface area contributed by atoms with Gasteiger partial charge in [-0.25, -0.2) is 5.01 Å². The van der Waals surface area contributed by atoms with Crippen molar-refractivity contribution < 1.29 is 19.5 Å². The van der Waals surface area contributed by atoms with Gasteiger partial charge in [0, 0.05) is 33.0 Å². The highest BCUT2D eigenvalue weighted by molar-refractivity contribution is 6.39. The summed E-state index contributed by atoms with van der Waals surface area (Å²) in [6, 6.07) is 0. The highest BCUT2D eigenvalue weighted by atomic mass is 16.4. The molecule has 0 aromatic heterocycles. The molecule has 2 aliphatic heterocycles. The lowest BCUT2D eigenvalue weighted by Gasteiger charge is -2.22. The van der Waals surface area contributed by atoms with E-state index in [0.29, 0.717) is 24.6 Å². The average molecular weight is 293 g/mol. The maximum atomic E-state index is 12.5. The number of carboxylic acid groups (broad SMARTS) is 1. The zero-order chi connectivity index (χ0) is 15.1. The molecular weight excluding hydrogens is 274 g/mol. The Bertz CT molecular complexity index is 526. The van der Waals surface area contributed by atoms with E-state index >= 15 is 0 Å². The van der Waals surface area contributed by atoms with Crippen LogP contribution in [-0.4, -0.2) is 58.6 Å². The van der Waals surface area contributed by atoms with Crippen LogP contribution in [-0.2, 0) is 14.4 Å². The molecule has 0 aromatic rings. The lowest BCUT2D eigenvalue weighted by atomic mass is 9.92. The molecule has 7 heteroatoms. The third kappa shape index (κ3) is 2.64. The summed E-state index contributed by atoms with van der Waals surface area (Å²) in [4.78, 5) is 36.8. The van der Waals surface area contributed by atoms with Crippen LogP contribution in [0, 0.1) is 17.8 Å². The number of hydrogen-bond acceptors (Lipinski definition) is 4. The van der Waals surface area contributed by atoms with Gasteiger partial charge in [0.2, 0.25) is 5.91 Å². The van der Waals surface area contributed by atoms with E-state index in [1.807, 2.05) is 0 Å². The van der Waals surface area contributed by atoms with E-state index in [0.717, 1.165) is 12.8 Å². The van der Waals surface area contributed by atoms with Gasteiger partial charge in [-0.1, -0.05) is 0 Å². The van der Waals surface area contributed by atoms with Gasteiger partial charge in [0.25, 0.3) is 5.91 Å². The van der Waals surface area contributed by atoms with Crippen molar-refractivity contribution in [1.29, 1.82) is 0 Å². The minimum Gasteiger partial charge on any atom is -0.481 e. The van der Waals surface area contributed by atoms with E-state index in [2.05, 4.69) is 5.10 Å². The number of rotatable bonds is 3. The largest absolute Gasteiger partial charge is 0.481 e. The minimum atomic E-state index is -0.819. The molecule has 0 unspecified atom stereocenters. The molecule has 3 rings (SSSR count). The first-order valence-corrected chi connectivity index (χ1v) is 7.33. The van der Waals surface area contributed by atoms with Gasteiger partial charge < -0.3 is 10.0 Å². The lowest BCUT2D eigenvalue weighted by Crippen LogP contribution is -2.40. The van der Waals surface area contributed by atoms with Gasteiger partial charge >= 0.3 is 5.97 Å². The van der Waals surface area contributed by atoms with Gasteiger partial charge in [-0.15, -0.1) is 0 Å². The van der Waals surface area contributed by atoms with Gasteiger partial charge in [0.15, 0.2) is 0 Å². The summed E-state index contributed by atoms with van der Waals surface area (Å²) in [6.45, 7) is 0.753. The summed E-state index contributed by atoms with van der Waals surface area (Å²) in [6.07, 6.45) is 2.75. The van der Waals surface area contributed by atoms with Crippen LogP contribution < -0.4 is 0 Å². The van der Waals surface area contributed by atoms with Gasteiger partial charge in [0.1, 0.15) is 5.71 Å². The Morgan fingerprint density at radius 2 is 1.95 bits per heavy atom. The number of carbonyl (C=O) groups is 3. The van der Waals surface area contributed by atoms with E-state index < -0.39 is 11.9 Å². The summed E-state index contributed by atoms with van der Waals surface area (Å²) in [5, 5.41) is 14.5. The standard InChI is InChI=1S/C14H19N3O4/c1-16-12(18)5-4-11(15-16)13(19)17-6-9(8-2-3-8)10(7-17)14(20)21/h8-10H,2-7H2,1H3,(H,20,21)/t9-,10+/m1/s1. The van der Waals surface area contributed by atoms with Gasteiger partial charge in [-0.05, 0) is 24.7 Å². The summed E-state index contributed by atoms with van der Waals surface area (Å²) >= 11 is 0. The number of nitrogens with zero attached hydrogens (tertiary/aromatic N) is 3. The fourth-order valence-electron chi connectivity index (χ4n) is 3.26. The van der Waals surface area contributed by atoms with Crippen molar-refractivity contribution in [2.45, 2.75) is 25.7 Å². The molecule has 3 aliphatic rings. The monoisotopic (exact) mass is 293 g/mol. The number of aliphatic carboxylic acids is 1. The molecule has 2 heterocycles. The maximum Gasteiger partial charge on any atom is 0.308 e. The first-order chi connectivity index (χ1) is 9.97. The van der Waals surface area contributed by atoms with Crippen molar-refractivity contribution in [1.82, 2.24) is 9.91 Å². The van der Waals surface area contributed by atoms with E-state index in [1.165, 1.54) is 12.1 Å². The Morgan fingerprint density at radius 3 is 2.52 bits per heavy atom. The van der Waals surface area contributed by atoms with E-state index in [4.69, 9.17) is 0 Å². The summed E-state index contributed by atoms with van der Waals surface area (Å²) in [5.74, 6) is -1.10. The van der Waals surface area contributed by atoms with Gasteiger partial charge in [-0.3, -0.25) is 14.4 Å². The Labute approximate surface area is 122 Å². The molecule has 21 heavy (non-hydrogen) atoms. The highest BCUT2D eigenvalue weighted by Crippen LogP contribution is 2.44. The lowest BCUT2D eigenvalue weighted by molar-refractivity contribution is -0.142. The van der Waals surface area contributed by atoms with Crippen molar-refractivity contribution in [2.24, 2.45) is 22.9 Å². The van der Waals surface area contributed by atoms with Crippen molar-refractivity contribution >= 4 is 23.5 Å². The number of carboxylic acids is 1. The van der Waals surface area contributed by atoms with Crippen LogP contribution in [0.5, 0.6) is 0 Å². The molecule has 2 fully saturated rings. The molecule has 1 saturated heterocycles. The number of likely N-dealkylation sites (tertiary alicyclic amines) is 1. The predicted molar refractivity (Wildman–Crippen MR) is 73.4 cm³/mol. The van der Waals surface area contributed by atoms with E-state index in [-0.39, 0.29) is 30.7 Å². The van der Waals surface area contributed by atoms with E-state index in [1.54, 1.807) is 4.90 Å². The van der Waals surface area contributed by atoms with Crippen molar-refractivity contribution in [3.05, 3.63) is 0 Å². The van der Waals surface area contributed by atoms with Crippen LogP contribution in [0.25, 0.3) is 0 Å². The normalized spacial score (nSPS) is 29.6. The van der Waals surface area contributed by atoms with Crippen LogP contribution in [0.4, 0.5) is 0 Å². The zero-order valence-corrected chi connectivity index (χ0v) is 12.0. The molecule has 114 valence electrons. The SMILES string of the molecule is CN1N=C(C(=O)N2C[C@H](C(=O)O)[C@@H](C3CC3)C2)CCC1=O. The second-order valence-corrected chi connectivity index (χ2v) is 6.12. The molecule has 2 amide bonds. The Balaban J connectivity index is 1.72. The molecule has 1 saturated carbocycles. The van der Waals surface area contributed by atoms with Gasteiger partial charge in [-0.2, -0.15) is 5.10 Å². The summed E-state index contributed by atoms with van der Waals surface area (Å²) in [5.41, 5.74) is 0.359. The summed E-state index contributed by atoms with van der Waals surface area (Å²) < 4.78 is 0. The smallest absolute Gasteiger partial charge is 0.308 e. The fourth-order valence-corrected chi connectivity index (χ4v) is 3.26.